The van der Waals surface area contributed by atoms with E-state index in [1.165, 1.54) is 0 Å². The third kappa shape index (κ3) is 2.31. The lowest BCUT2D eigenvalue weighted by molar-refractivity contribution is 0.0765. The molecule has 0 N–H and O–H groups in total. The minimum Gasteiger partial charge on any atom is -0.323 e. The lowest BCUT2D eigenvalue weighted by Crippen LogP contribution is -2.34. The van der Waals surface area contributed by atoms with E-state index in [1.807, 2.05) is 0 Å². The molecule has 1 aromatic rings. The van der Waals surface area contributed by atoms with Gasteiger partial charge in [-0.2, -0.15) is 5.26 Å². The molecule has 17 heavy (non-hydrogen) atoms. The van der Waals surface area contributed by atoms with Gasteiger partial charge in [0.2, 0.25) is 0 Å². The van der Waals surface area contributed by atoms with Crippen LogP contribution in [0.5, 0.6) is 0 Å². The lowest BCUT2D eigenvalue weighted by Gasteiger charge is -2.20. The summed E-state index contributed by atoms with van der Waals surface area (Å²) in [5.74, 6) is -0.166. The van der Waals surface area contributed by atoms with Crippen LogP contribution in [0.4, 0.5) is 0 Å². The Bertz CT molecular complexity index is 498. The highest BCUT2D eigenvalue weighted by Crippen LogP contribution is 2.29. The largest absolute Gasteiger partial charge is 0.323 e. The van der Waals surface area contributed by atoms with E-state index in [4.69, 9.17) is 16.9 Å². The SMILES string of the molecule is N#CC1CCCN1C(=O)c1cccc(Br)c1Cl. The van der Waals surface area contributed by atoms with Crippen LogP contribution in [0.1, 0.15) is 23.2 Å². The Hall–Kier alpha value is -1.05. The van der Waals surface area contributed by atoms with Gasteiger partial charge in [-0.3, -0.25) is 4.79 Å². The van der Waals surface area contributed by atoms with Gasteiger partial charge in [-0.05, 0) is 40.9 Å². The molecule has 0 radical (unpaired) electrons. The highest BCUT2D eigenvalue weighted by atomic mass is 79.9. The van der Waals surface area contributed by atoms with Crippen molar-refractivity contribution in [1.29, 1.82) is 5.26 Å². The monoisotopic (exact) mass is 312 g/mol. The minimum absolute atomic E-state index is 0.166. The fourth-order valence-corrected chi connectivity index (χ4v) is 2.54. The van der Waals surface area contributed by atoms with Crippen LogP contribution in [0.2, 0.25) is 5.02 Å². The number of rotatable bonds is 1. The predicted molar refractivity (Wildman–Crippen MR) is 68.8 cm³/mol. The van der Waals surface area contributed by atoms with Crippen LogP contribution < -0.4 is 0 Å². The number of halogens is 2. The summed E-state index contributed by atoms with van der Waals surface area (Å²) in [6.45, 7) is 0.625. The maximum atomic E-state index is 12.3. The molecule has 1 unspecified atom stereocenters. The fraction of sp³-hybridized carbons (Fsp3) is 0.333. The zero-order valence-electron chi connectivity index (χ0n) is 8.99. The van der Waals surface area contributed by atoms with E-state index in [9.17, 15) is 4.79 Å². The normalized spacial score (nSPS) is 19.1. The van der Waals surface area contributed by atoms with Crippen molar-refractivity contribution in [2.24, 2.45) is 0 Å². The molecule has 1 amide bonds. The van der Waals surface area contributed by atoms with Crippen LogP contribution in [-0.4, -0.2) is 23.4 Å². The van der Waals surface area contributed by atoms with Crippen LogP contribution >= 0.6 is 27.5 Å². The minimum atomic E-state index is -0.322. The zero-order chi connectivity index (χ0) is 12.4. The van der Waals surface area contributed by atoms with Crippen molar-refractivity contribution >= 4 is 33.4 Å². The first kappa shape index (κ1) is 12.4. The van der Waals surface area contributed by atoms with Crippen LogP contribution in [0, 0.1) is 11.3 Å². The van der Waals surface area contributed by atoms with Crippen molar-refractivity contribution in [2.45, 2.75) is 18.9 Å². The summed E-state index contributed by atoms with van der Waals surface area (Å²) < 4.78 is 0.692. The van der Waals surface area contributed by atoms with Gasteiger partial charge in [0.1, 0.15) is 6.04 Å². The van der Waals surface area contributed by atoms with Crippen LogP contribution in [0.15, 0.2) is 22.7 Å². The second-order valence-corrected chi connectivity index (χ2v) is 5.12. The van der Waals surface area contributed by atoms with Crippen molar-refractivity contribution in [3.63, 3.8) is 0 Å². The Morgan fingerprint density at radius 1 is 1.59 bits per heavy atom. The molecule has 2 rings (SSSR count). The van der Waals surface area contributed by atoms with Crippen LogP contribution in [0.25, 0.3) is 0 Å². The van der Waals surface area contributed by atoms with Crippen molar-refractivity contribution in [1.82, 2.24) is 4.90 Å². The Labute approximate surface area is 113 Å². The topological polar surface area (TPSA) is 44.1 Å². The highest BCUT2D eigenvalue weighted by Gasteiger charge is 2.30. The second-order valence-electron chi connectivity index (χ2n) is 3.89. The molecule has 5 heteroatoms. The van der Waals surface area contributed by atoms with Gasteiger partial charge in [0.25, 0.3) is 5.91 Å². The molecule has 1 aliphatic rings. The molecule has 1 atom stereocenters. The number of hydrogen-bond donors (Lipinski definition) is 0. The van der Waals surface area contributed by atoms with Gasteiger partial charge in [0.15, 0.2) is 0 Å². The van der Waals surface area contributed by atoms with Gasteiger partial charge >= 0.3 is 0 Å². The van der Waals surface area contributed by atoms with Crippen molar-refractivity contribution in [3.8, 4) is 6.07 Å². The number of carbonyl (C=O) groups is 1. The second kappa shape index (κ2) is 5.07. The number of amides is 1. The molecule has 0 aliphatic carbocycles. The number of benzene rings is 1. The average Bonchev–Trinajstić information content (AvgIpc) is 2.80. The van der Waals surface area contributed by atoms with E-state index < -0.39 is 0 Å². The van der Waals surface area contributed by atoms with Crippen LogP contribution in [0.3, 0.4) is 0 Å². The van der Waals surface area contributed by atoms with E-state index in [-0.39, 0.29) is 11.9 Å². The number of nitrogens with zero attached hydrogens (tertiary/aromatic N) is 2. The third-order valence-electron chi connectivity index (χ3n) is 2.84. The van der Waals surface area contributed by atoms with E-state index in [0.717, 1.165) is 12.8 Å². The number of carbonyl (C=O) groups excluding carboxylic acids is 1. The predicted octanol–water partition coefficient (Wildman–Crippen LogP) is 3.23. The summed E-state index contributed by atoms with van der Waals surface area (Å²) in [5, 5.41) is 9.37. The third-order valence-corrected chi connectivity index (χ3v) is 4.14. The van der Waals surface area contributed by atoms with E-state index in [1.54, 1.807) is 23.1 Å². The molecule has 0 spiro atoms. The number of likely N-dealkylation sites (tertiary alicyclic amines) is 1. The molecule has 3 nitrogen and oxygen atoms in total. The standard InChI is InChI=1S/C12H10BrClN2O/c13-10-5-1-4-9(11(10)14)12(17)16-6-2-3-8(16)7-15/h1,4-5,8H,2-3,6H2. The molecule has 1 aromatic carbocycles. The fourth-order valence-electron chi connectivity index (χ4n) is 1.97. The molecule has 1 heterocycles. The Morgan fingerprint density at radius 3 is 3.06 bits per heavy atom. The summed E-state index contributed by atoms with van der Waals surface area (Å²) in [7, 11) is 0. The van der Waals surface area contributed by atoms with E-state index in [2.05, 4.69) is 22.0 Å². The molecule has 0 aromatic heterocycles. The number of nitriles is 1. The Morgan fingerprint density at radius 2 is 2.35 bits per heavy atom. The van der Waals surface area contributed by atoms with Gasteiger partial charge in [-0.15, -0.1) is 0 Å². The van der Waals surface area contributed by atoms with Gasteiger partial charge in [-0.25, -0.2) is 0 Å². The van der Waals surface area contributed by atoms with Gasteiger partial charge < -0.3 is 4.90 Å². The molecule has 1 aliphatic heterocycles. The van der Waals surface area contributed by atoms with E-state index >= 15 is 0 Å². The molecular formula is C12H10BrClN2O. The molecule has 1 fully saturated rings. The molecule has 0 bridgehead atoms. The maximum Gasteiger partial charge on any atom is 0.256 e. The summed E-state index contributed by atoms with van der Waals surface area (Å²) in [4.78, 5) is 13.8. The van der Waals surface area contributed by atoms with Crippen molar-refractivity contribution < 1.29 is 4.79 Å². The Balaban J connectivity index is 2.32. The summed E-state index contributed by atoms with van der Waals surface area (Å²) >= 11 is 9.37. The summed E-state index contributed by atoms with van der Waals surface area (Å²) in [6.07, 6.45) is 1.61. The van der Waals surface area contributed by atoms with Gasteiger partial charge in [0, 0.05) is 11.0 Å². The molecule has 1 saturated heterocycles. The molecular weight excluding hydrogens is 304 g/mol. The molecule has 0 saturated carbocycles. The maximum absolute atomic E-state index is 12.3. The zero-order valence-corrected chi connectivity index (χ0v) is 11.3. The summed E-state index contributed by atoms with van der Waals surface area (Å²) in [6, 6.07) is 7.06. The van der Waals surface area contributed by atoms with E-state index in [0.29, 0.717) is 21.6 Å². The number of hydrogen-bond acceptors (Lipinski definition) is 2. The van der Waals surface area contributed by atoms with Crippen molar-refractivity contribution in [2.75, 3.05) is 6.54 Å². The molecule has 88 valence electrons. The quantitative estimate of drug-likeness (QED) is 0.799. The highest BCUT2D eigenvalue weighted by molar-refractivity contribution is 9.10. The first-order valence-corrected chi connectivity index (χ1v) is 6.47. The first-order chi connectivity index (χ1) is 8.15. The first-order valence-electron chi connectivity index (χ1n) is 5.29. The summed E-state index contributed by atoms with van der Waals surface area (Å²) in [5.41, 5.74) is 0.447. The Kier molecular flexibility index (Phi) is 3.70. The van der Waals surface area contributed by atoms with Crippen molar-refractivity contribution in [3.05, 3.63) is 33.3 Å². The average molecular weight is 314 g/mol. The van der Waals surface area contributed by atoms with Gasteiger partial charge in [-0.1, -0.05) is 17.7 Å². The van der Waals surface area contributed by atoms with Crippen LogP contribution in [-0.2, 0) is 0 Å². The van der Waals surface area contributed by atoms with Gasteiger partial charge in [0.05, 0.1) is 16.7 Å². The smallest absolute Gasteiger partial charge is 0.256 e. The lowest BCUT2D eigenvalue weighted by atomic mass is 10.2.